The monoisotopic (exact) mass is 460 g/mol. The van der Waals surface area contributed by atoms with Gasteiger partial charge in [-0.05, 0) is 66.1 Å². The Morgan fingerprint density at radius 3 is 2.24 bits per heavy atom. The summed E-state index contributed by atoms with van der Waals surface area (Å²) in [5.74, 6) is -0.606. The fraction of sp³-hybridized carbons (Fsp3) is 0.148. The number of carbonyl (C=O) groups excluding carboxylic acids is 3. The van der Waals surface area contributed by atoms with E-state index < -0.39 is 17.9 Å². The van der Waals surface area contributed by atoms with Crippen LogP contribution in [0.4, 0.5) is 0 Å². The number of benzene rings is 3. The first-order chi connectivity index (χ1) is 16.3. The van der Waals surface area contributed by atoms with E-state index in [-0.39, 0.29) is 13.4 Å². The molecule has 0 N–H and O–H groups in total. The van der Waals surface area contributed by atoms with Crippen LogP contribution in [0.15, 0.2) is 79.4 Å². The van der Waals surface area contributed by atoms with E-state index in [2.05, 4.69) is 13.2 Å². The van der Waals surface area contributed by atoms with Gasteiger partial charge < -0.3 is 18.9 Å². The maximum absolute atomic E-state index is 12.7. The van der Waals surface area contributed by atoms with Crippen molar-refractivity contribution in [2.24, 2.45) is 0 Å². The molecule has 0 aliphatic heterocycles. The molecule has 0 bridgehead atoms. The summed E-state index contributed by atoms with van der Waals surface area (Å²) < 4.78 is 20.9. The van der Waals surface area contributed by atoms with Crippen LogP contribution in [0.5, 0.6) is 11.5 Å². The van der Waals surface area contributed by atoms with Gasteiger partial charge in [0.1, 0.15) is 18.1 Å². The molecule has 0 aliphatic rings. The number of aryl methyl sites for hydroxylation is 1. The Labute approximate surface area is 197 Å². The zero-order valence-corrected chi connectivity index (χ0v) is 19.0. The van der Waals surface area contributed by atoms with E-state index in [1.54, 1.807) is 62.4 Å². The van der Waals surface area contributed by atoms with E-state index in [0.29, 0.717) is 28.2 Å². The largest absolute Gasteiger partial charge is 0.457 e. The third kappa shape index (κ3) is 6.32. The third-order valence-electron chi connectivity index (χ3n) is 4.82. The summed E-state index contributed by atoms with van der Waals surface area (Å²) in [6, 6.07) is 15.7. The van der Waals surface area contributed by atoms with E-state index in [1.165, 1.54) is 0 Å². The normalized spacial score (nSPS) is 10.3. The number of hydrogen-bond donors (Lipinski definition) is 0. The van der Waals surface area contributed by atoms with Gasteiger partial charge in [-0.1, -0.05) is 37.4 Å². The maximum Gasteiger partial charge on any atom is 0.343 e. The minimum Gasteiger partial charge on any atom is -0.457 e. The van der Waals surface area contributed by atoms with Crippen molar-refractivity contribution in [1.29, 1.82) is 0 Å². The van der Waals surface area contributed by atoms with Crippen LogP contribution >= 0.6 is 0 Å². The summed E-state index contributed by atoms with van der Waals surface area (Å²) in [6.07, 6.45) is 1.06. The molecule has 3 aromatic rings. The Balaban J connectivity index is 1.65. The summed E-state index contributed by atoms with van der Waals surface area (Å²) in [4.78, 5) is 35.3. The summed E-state index contributed by atoms with van der Waals surface area (Å²) in [6.45, 7) is 10.1. The lowest BCUT2D eigenvalue weighted by Crippen LogP contribution is -2.11. The van der Waals surface area contributed by atoms with Crippen LogP contribution in [0.1, 0.15) is 28.4 Å². The first kappa shape index (κ1) is 24.3. The van der Waals surface area contributed by atoms with Crippen LogP contribution in [0.2, 0.25) is 0 Å². The Morgan fingerprint density at radius 1 is 0.912 bits per heavy atom. The zero-order valence-electron chi connectivity index (χ0n) is 19.0. The zero-order chi connectivity index (χ0) is 24.7. The van der Waals surface area contributed by atoms with Crippen molar-refractivity contribution in [2.45, 2.75) is 20.5 Å². The smallest absolute Gasteiger partial charge is 0.343 e. The lowest BCUT2D eigenvalue weighted by molar-refractivity contribution is -0.144. The first-order valence-corrected chi connectivity index (χ1v) is 10.4. The molecular weight excluding hydrogens is 436 g/mol. The van der Waals surface area contributed by atoms with Crippen molar-refractivity contribution in [1.82, 2.24) is 0 Å². The number of carbonyl (C=O) groups is 3. The highest BCUT2D eigenvalue weighted by atomic mass is 16.7. The van der Waals surface area contributed by atoms with Crippen LogP contribution in [0, 0.1) is 6.92 Å². The fourth-order valence-electron chi connectivity index (χ4n) is 3.05. The first-order valence-electron chi connectivity index (χ1n) is 10.4. The van der Waals surface area contributed by atoms with E-state index in [1.807, 2.05) is 6.07 Å². The summed E-state index contributed by atoms with van der Waals surface area (Å²) in [5.41, 5.74) is 2.19. The maximum atomic E-state index is 12.7. The van der Waals surface area contributed by atoms with Crippen LogP contribution in [0.3, 0.4) is 0 Å². The Bertz CT molecular complexity index is 1270. The highest BCUT2D eigenvalue weighted by Gasteiger charge is 2.13. The van der Waals surface area contributed by atoms with Crippen molar-refractivity contribution in [3.05, 3.63) is 96.1 Å². The molecule has 0 spiro atoms. The van der Waals surface area contributed by atoms with Gasteiger partial charge in [-0.2, -0.15) is 0 Å². The van der Waals surface area contributed by atoms with E-state index in [0.717, 1.165) is 22.4 Å². The second-order valence-corrected chi connectivity index (χ2v) is 7.50. The van der Waals surface area contributed by atoms with Gasteiger partial charge in [-0.25, -0.2) is 14.4 Å². The van der Waals surface area contributed by atoms with Gasteiger partial charge in [0, 0.05) is 11.6 Å². The average molecular weight is 460 g/mol. The lowest BCUT2D eigenvalue weighted by Gasteiger charge is -2.11. The molecule has 0 aliphatic carbocycles. The molecule has 0 heterocycles. The van der Waals surface area contributed by atoms with Crippen LogP contribution < -0.4 is 9.47 Å². The molecule has 0 unspecified atom stereocenters. The second-order valence-electron chi connectivity index (χ2n) is 7.50. The molecule has 7 heteroatoms. The Kier molecular flexibility index (Phi) is 7.82. The molecule has 0 aromatic heterocycles. The van der Waals surface area contributed by atoms with Gasteiger partial charge in [0.05, 0.1) is 5.56 Å². The van der Waals surface area contributed by atoms with Gasteiger partial charge in [0.15, 0.2) is 0 Å². The standard InChI is InChI=1S/C27H24O7/c1-5-25(28)33-16-32-22-9-7-21-14-23(10-8-20(21)13-22)34-27(30)24-11-6-19(12-18(24)4)15-31-26(29)17(2)3/h5-14H,1-2,15-16H2,3-4H3. The number of fused-ring (bicyclic) bond motifs is 1. The van der Waals surface area contributed by atoms with Gasteiger partial charge in [0.25, 0.3) is 0 Å². The van der Waals surface area contributed by atoms with Crippen molar-refractivity contribution < 1.29 is 33.3 Å². The quantitative estimate of drug-likeness (QED) is 0.191. The van der Waals surface area contributed by atoms with Gasteiger partial charge >= 0.3 is 17.9 Å². The molecule has 0 saturated carbocycles. The molecule has 34 heavy (non-hydrogen) atoms. The highest BCUT2D eigenvalue weighted by Crippen LogP contribution is 2.26. The summed E-state index contributed by atoms with van der Waals surface area (Å²) in [5, 5.41) is 1.70. The molecule has 0 atom stereocenters. The second kappa shape index (κ2) is 11.0. The molecular formula is C27H24O7. The molecule has 7 nitrogen and oxygen atoms in total. The highest BCUT2D eigenvalue weighted by molar-refractivity contribution is 5.93. The molecule has 0 fully saturated rings. The summed E-state index contributed by atoms with van der Waals surface area (Å²) >= 11 is 0. The van der Waals surface area contributed by atoms with Crippen LogP contribution in [-0.4, -0.2) is 24.7 Å². The topological polar surface area (TPSA) is 88.1 Å². The number of rotatable bonds is 9. The molecule has 0 amide bonds. The van der Waals surface area contributed by atoms with E-state index in [4.69, 9.17) is 18.9 Å². The summed E-state index contributed by atoms with van der Waals surface area (Å²) in [7, 11) is 0. The average Bonchev–Trinajstić information content (AvgIpc) is 2.82. The Morgan fingerprint density at radius 2 is 1.59 bits per heavy atom. The molecule has 3 rings (SSSR count). The SMILES string of the molecule is C=CC(=O)OCOc1ccc2cc(OC(=O)c3ccc(COC(=O)C(=C)C)cc3C)ccc2c1. The third-order valence-corrected chi connectivity index (χ3v) is 4.82. The van der Waals surface area contributed by atoms with E-state index in [9.17, 15) is 14.4 Å². The van der Waals surface area contributed by atoms with Gasteiger partial charge in [-0.3, -0.25) is 0 Å². The molecule has 0 saturated heterocycles. The van der Waals surface area contributed by atoms with Gasteiger partial charge in [0.2, 0.25) is 6.79 Å². The predicted molar refractivity (Wildman–Crippen MR) is 126 cm³/mol. The van der Waals surface area contributed by atoms with Crippen molar-refractivity contribution in [3.8, 4) is 11.5 Å². The van der Waals surface area contributed by atoms with Crippen molar-refractivity contribution in [3.63, 3.8) is 0 Å². The van der Waals surface area contributed by atoms with E-state index >= 15 is 0 Å². The predicted octanol–water partition coefficient (Wildman–Crippen LogP) is 5.05. The lowest BCUT2D eigenvalue weighted by atomic mass is 10.1. The molecule has 3 aromatic carbocycles. The van der Waals surface area contributed by atoms with Crippen molar-refractivity contribution in [2.75, 3.05) is 6.79 Å². The van der Waals surface area contributed by atoms with Crippen molar-refractivity contribution >= 4 is 28.7 Å². The Hall–Kier alpha value is -4.39. The minimum absolute atomic E-state index is 0.0922. The number of hydrogen-bond acceptors (Lipinski definition) is 7. The van der Waals surface area contributed by atoms with Gasteiger partial charge in [-0.15, -0.1) is 0 Å². The van der Waals surface area contributed by atoms with Crippen LogP contribution in [0.25, 0.3) is 10.8 Å². The molecule has 0 radical (unpaired) electrons. The fourth-order valence-corrected chi connectivity index (χ4v) is 3.05. The number of esters is 3. The molecule has 174 valence electrons. The number of ether oxygens (including phenoxy) is 4. The van der Waals surface area contributed by atoms with Crippen LogP contribution in [-0.2, 0) is 25.7 Å². The minimum atomic E-state index is -0.566.